The van der Waals surface area contributed by atoms with E-state index in [9.17, 15) is 14.7 Å². The first-order chi connectivity index (χ1) is 44.1. The average molecular weight is 1250 g/mol. The largest absolute Gasteiger partial charge is 0.462 e. The van der Waals surface area contributed by atoms with Crippen LogP contribution in [0.25, 0.3) is 0 Å². The highest BCUT2D eigenvalue weighted by molar-refractivity contribution is 5.70. The molecule has 0 aromatic rings. The number of ether oxygens (including phenoxy) is 2. The van der Waals surface area contributed by atoms with Crippen LogP contribution in [-0.2, 0) is 19.1 Å². The van der Waals surface area contributed by atoms with Crippen molar-refractivity contribution in [1.82, 2.24) is 0 Å². The van der Waals surface area contributed by atoms with Gasteiger partial charge in [-0.2, -0.15) is 0 Å². The molecule has 0 saturated carbocycles. The molecule has 1 unspecified atom stereocenters. The lowest BCUT2D eigenvalue weighted by Gasteiger charge is -2.15. The van der Waals surface area contributed by atoms with Gasteiger partial charge in [0.15, 0.2) is 6.10 Å². The van der Waals surface area contributed by atoms with Gasteiger partial charge in [0.05, 0.1) is 6.61 Å². The fourth-order valence-electron chi connectivity index (χ4n) is 13.3. The standard InChI is InChI=1S/C84H162O5/c1-3-5-7-9-11-13-15-17-19-21-23-25-27-29-31-33-35-37-39-41-43-44-46-48-50-52-54-56-58-60-62-64-66-68-70-72-74-76-78-83(86)88-81-82(80-85)89-84(87)79-77-75-73-71-69-67-65-63-61-59-57-55-53-51-49-47-45-42-40-38-36-34-32-30-28-26-24-22-20-18-16-14-12-10-8-6-4-2/h16,18,22,24,82,85H,3-15,17,19-21,23,25-81H2,1-2H3/b18-16-,24-22-. The molecule has 0 saturated heterocycles. The van der Waals surface area contributed by atoms with E-state index in [0.29, 0.717) is 12.8 Å². The number of rotatable bonds is 79. The van der Waals surface area contributed by atoms with Crippen molar-refractivity contribution in [1.29, 1.82) is 0 Å². The molecule has 0 aliphatic carbocycles. The summed E-state index contributed by atoms with van der Waals surface area (Å²) in [6, 6.07) is 0. The third-order valence-corrected chi connectivity index (χ3v) is 19.5. The summed E-state index contributed by atoms with van der Waals surface area (Å²) in [4.78, 5) is 24.7. The van der Waals surface area contributed by atoms with Crippen molar-refractivity contribution in [2.75, 3.05) is 13.2 Å². The van der Waals surface area contributed by atoms with E-state index in [1.807, 2.05) is 0 Å². The topological polar surface area (TPSA) is 72.8 Å². The number of hydrogen-bond acceptors (Lipinski definition) is 5. The van der Waals surface area contributed by atoms with Crippen LogP contribution in [0, 0.1) is 0 Å². The number of aliphatic hydroxyl groups is 1. The molecule has 0 fully saturated rings. The number of carbonyl (C=O) groups is 2. The van der Waals surface area contributed by atoms with Crippen LogP contribution in [0.1, 0.15) is 483 Å². The molecule has 1 atom stereocenters. The van der Waals surface area contributed by atoms with Gasteiger partial charge in [0.25, 0.3) is 0 Å². The summed E-state index contributed by atoms with van der Waals surface area (Å²) in [6.07, 6.45) is 107. The van der Waals surface area contributed by atoms with Crippen molar-refractivity contribution in [2.24, 2.45) is 0 Å². The van der Waals surface area contributed by atoms with Crippen LogP contribution in [0.5, 0.6) is 0 Å². The normalized spacial score (nSPS) is 12.2. The highest BCUT2D eigenvalue weighted by Crippen LogP contribution is 2.21. The minimum atomic E-state index is -0.769. The maximum Gasteiger partial charge on any atom is 0.306 e. The summed E-state index contributed by atoms with van der Waals surface area (Å²) in [7, 11) is 0. The zero-order chi connectivity index (χ0) is 64.0. The van der Waals surface area contributed by atoms with Crippen LogP contribution >= 0.6 is 0 Å². The second-order valence-corrected chi connectivity index (χ2v) is 28.6. The summed E-state index contributed by atoms with van der Waals surface area (Å²) in [5.74, 6) is -0.558. The van der Waals surface area contributed by atoms with Gasteiger partial charge in [0, 0.05) is 12.8 Å². The van der Waals surface area contributed by atoms with Crippen LogP contribution in [0.4, 0.5) is 0 Å². The van der Waals surface area contributed by atoms with E-state index in [0.717, 1.165) is 38.5 Å². The van der Waals surface area contributed by atoms with E-state index in [1.165, 1.54) is 417 Å². The molecule has 0 heterocycles. The van der Waals surface area contributed by atoms with Crippen molar-refractivity contribution < 1.29 is 24.2 Å². The summed E-state index contributed by atoms with van der Waals surface area (Å²) in [6.45, 7) is 4.21. The lowest BCUT2D eigenvalue weighted by atomic mass is 10.0. The van der Waals surface area contributed by atoms with Crippen LogP contribution in [-0.4, -0.2) is 36.4 Å². The molecule has 0 spiro atoms. The minimum absolute atomic E-state index is 0.0568. The van der Waals surface area contributed by atoms with Gasteiger partial charge in [0.1, 0.15) is 6.61 Å². The lowest BCUT2D eigenvalue weighted by Crippen LogP contribution is -2.28. The Morgan fingerprint density at radius 2 is 0.449 bits per heavy atom. The summed E-state index contributed by atoms with van der Waals surface area (Å²) >= 11 is 0. The average Bonchev–Trinajstić information content (AvgIpc) is 3.55. The molecule has 1 N–H and O–H groups in total. The molecule has 89 heavy (non-hydrogen) atoms. The lowest BCUT2D eigenvalue weighted by molar-refractivity contribution is -0.161. The first-order valence-corrected chi connectivity index (χ1v) is 41.4. The highest BCUT2D eigenvalue weighted by atomic mass is 16.6. The van der Waals surface area contributed by atoms with Crippen molar-refractivity contribution >= 4 is 11.9 Å². The molecule has 5 heteroatoms. The molecule has 0 aromatic carbocycles. The summed E-state index contributed by atoms with van der Waals surface area (Å²) < 4.78 is 10.8. The zero-order valence-corrected chi connectivity index (χ0v) is 61.0. The van der Waals surface area contributed by atoms with E-state index >= 15 is 0 Å². The van der Waals surface area contributed by atoms with Crippen LogP contribution in [0.2, 0.25) is 0 Å². The first-order valence-electron chi connectivity index (χ1n) is 41.4. The number of aliphatic hydroxyl groups excluding tert-OH is 1. The molecule has 0 aliphatic heterocycles. The molecular weight excluding hydrogens is 1090 g/mol. The van der Waals surface area contributed by atoms with Crippen LogP contribution < -0.4 is 0 Å². The van der Waals surface area contributed by atoms with Crippen LogP contribution in [0.3, 0.4) is 0 Å². The predicted molar refractivity (Wildman–Crippen MR) is 395 cm³/mol. The Labute approximate surface area is 559 Å². The smallest absolute Gasteiger partial charge is 0.306 e. The monoisotopic (exact) mass is 1250 g/mol. The molecule has 0 bridgehead atoms. The van der Waals surface area contributed by atoms with Gasteiger partial charge in [-0.3, -0.25) is 9.59 Å². The number of esters is 2. The third-order valence-electron chi connectivity index (χ3n) is 19.5. The zero-order valence-electron chi connectivity index (χ0n) is 61.0. The first kappa shape index (κ1) is 87.4. The van der Waals surface area contributed by atoms with Crippen molar-refractivity contribution in [3.05, 3.63) is 24.3 Å². The Morgan fingerprint density at radius 1 is 0.258 bits per heavy atom. The highest BCUT2D eigenvalue weighted by Gasteiger charge is 2.16. The molecule has 0 radical (unpaired) electrons. The number of allylic oxidation sites excluding steroid dienone is 4. The van der Waals surface area contributed by atoms with Crippen molar-refractivity contribution in [3.63, 3.8) is 0 Å². The molecule has 0 aromatic heterocycles. The molecule has 0 rings (SSSR count). The number of hydrogen-bond donors (Lipinski definition) is 1. The maximum atomic E-state index is 12.4. The van der Waals surface area contributed by atoms with E-state index in [-0.39, 0.29) is 25.2 Å². The van der Waals surface area contributed by atoms with Gasteiger partial charge in [-0.15, -0.1) is 0 Å². The van der Waals surface area contributed by atoms with Crippen molar-refractivity contribution in [2.45, 2.75) is 489 Å². The van der Waals surface area contributed by atoms with E-state index < -0.39 is 6.10 Å². The Bertz CT molecular complexity index is 1370. The molecule has 5 nitrogen and oxygen atoms in total. The number of carbonyl (C=O) groups excluding carboxylic acids is 2. The van der Waals surface area contributed by atoms with Gasteiger partial charge in [-0.1, -0.05) is 449 Å². The van der Waals surface area contributed by atoms with E-state index in [2.05, 4.69) is 38.2 Å². The minimum Gasteiger partial charge on any atom is -0.462 e. The molecule has 0 aliphatic rings. The number of unbranched alkanes of at least 4 members (excludes halogenated alkanes) is 67. The molecular formula is C84H162O5. The fourth-order valence-corrected chi connectivity index (χ4v) is 13.3. The SMILES string of the molecule is CCCCCCC/C=C\C/C=C\CCCCCCCCCCCCCCCCCCCCCCCCCCCC(=O)OC(CO)COC(=O)CCCCCCCCCCCCCCCCCCCCCCCCCCCCCCCCCCCCCCCC. The van der Waals surface area contributed by atoms with Crippen LogP contribution in [0.15, 0.2) is 24.3 Å². The second kappa shape index (κ2) is 80.6. The molecule has 0 amide bonds. The van der Waals surface area contributed by atoms with Gasteiger partial charge in [-0.25, -0.2) is 0 Å². The Morgan fingerprint density at radius 3 is 0.663 bits per heavy atom. The Hall–Kier alpha value is -1.62. The summed E-state index contributed by atoms with van der Waals surface area (Å²) in [5, 5.41) is 9.73. The second-order valence-electron chi connectivity index (χ2n) is 28.6. The van der Waals surface area contributed by atoms with Crippen molar-refractivity contribution in [3.8, 4) is 0 Å². The van der Waals surface area contributed by atoms with Gasteiger partial charge >= 0.3 is 11.9 Å². The van der Waals surface area contributed by atoms with Gasteiger partial charge in [-0.05, 0) is 44.9 Å². The molecule has 528 valence electrons. The van der Waals surface area contributed by atoms with Gasteiger partial charge in [0.2, 0.25) is 0 Å². The third kappa shape index (κ3) is 78.7. The quantitative estimate of drug-likeness (QED) is 0.0373. The maximum absolute atomic E-state index is 12.4. The summed E-state index contributed by atoms with van der Waals surface area (Å²) in [5.41, 5.74) is 0. The van der Waals surface area contributed by atoms with E-state index in [4.69, 9.17) is 9.47 Å². The Balaban J connectivity index is 3.34. The van der Waals surface area contributed by atoms with E-state index in [1.54, 1.807) is 0 Å². The van der Waals surface area contributed by atoms with Gasteiger partial charge < -0.3 is 14.6 Å². The Kier molecular flexibility index (Phi) is 79.1. The fraction of sp³-hybridized carbons (Fsp3) is 0.929. The predicted octanol–water partition coefficient (Wildman–Crippen LogP) is 29.1.